The average Bonchev–Trinajstić information content (AvgIpc) is 3.16. The first-order valence-electron chi connectivity index (χ1n) is 7.31. The molecule has 3 rings (SSSR count). The summed E-state index contributed by atoms with van der Waals surface area (Å²) in [5, 5.41) is 3.71. The maximum atomic E-state index is 3.71. The second kappa shape index (κ2) is 4.09. The third kappa shape index (κ3) is 1.99. The van der Waals surface area contributed by atoms with Gasteiger partial charge in [-0.05, 0) is 67.2 Å². The van der Waals surface area contributed by atoms with Crippen LogP contribution in [-0.2, 0) is 0 Å². The summed E-state index contributed by atoms with van der Waals surface area (Å²) >= 11 is 0. The molecule has 18 heavy (non-hydrogen) atoms. The molecule has 1 aromatic carbocycles. The van der Waals surface area contributed by atoms with Gasteiger partial charge in [0.25, 0.3) is 0 Å². The van der Waals surface area contributed by atoms with Crippen LogP contribution in [0.15, 0.2) is 18.2 Å². The lowest BCUT2D eigenvalue weighted by atomic mass is 9.94. The monoisotopic (exact) mass is 243 g/mol. The van der Waals surface area contributed by atoms with Crippen molar-refractivity contribution in [2.24, 2.45) is 11.3 Å². The molecule has 0 amide bonds. The Morgan fingerprint density at radius 1 is 1.17 bits per heavy atom. The highest BCUT2D eigenvalue weighted by Gasteiger charge is 2.58. The Hall–Kier alpha value is -0.820. The Labute approximate surface area is 111 Å². The molecule has 0 radical (unpaired) electrons. The van der Waals surface area contributed by atoms with Crippen molar-refractivity contribution in [3.63, 3.8) is 0 Å². The van der Waals surface area contributed by atoms with E-state index in [-0.39, 0.29) is 0 Å². The Bertz CT molecular complexity index is 436. The average molecular weight is 243 g/mol. The molecule has 0 bridgehead atoms. The summed E-state index contributed by atoms with van der Waals surface area (Å²) in [7, 11) is 0. The fourth-order valence-electron chi connectivity index (χ4n) is 3.60. The van der Waals surface area contributed by atoms with Crippen molar-refractivity contribution < 1.29 is 0 Å². The van der Waals surface area contributed by atoms with Crippen molar-refractivity contribution in [3.8, 4) is 0 Å². The molecule has 1 N–H and O–H groups in total. The van der Waals surface area contributed by atoms with E-state index in [4.69, 9.17) is 0 Å². The van der Waals surface area contributed by atoms with Crippen molar-refractivity contribution in [2.45, 2.75) is 52.5 Å². The summed E-state index contributed by atoms with van der Waals surface area (Å²) in [4.78, 5) is 0. The molecule has 2 atom stereocenters. The van der Waals surface area contributed by atoms with Crippen LogP contribution in [-0.4, -0.2) is 12.6 Å². The molecule has 98 valence electrons. The maximum absolute atomic E-state index is 3.71. The molecule has 2 aliphatic carbocycles. The molecule has 1 aromatic rings. The standard InChI is InChI=1S/C17H25N/c1-11-6-5-7-12(2)15(11)16-14(17(16,3)4)10-18-13-8-9-13/h5-7,13-14,16,18H,8-10H2,1-4H3. The van der Waals surface area contributed by atoms with Crippen LogP contribution < -0.4 is 5.32 Å². The number of nitrogens with one attached hydrogen (secondary N) is 1. The van der Waals surface area contributed by atoms with Gasteiger partial charge in [-0.2, -0.15) is 0 Å². The van der Waals surface area contributed by atoms with Gasteiger partial charge >= 0.3 is 0 Å². The maximum Gasteiger partial charge on any atom is 0.00683 e. The van der Waals surface area contributed by atoms with E-state index in [1.165, 1.54) is 30.5 Å². The summed E-state index contributed by atoms with van der Waals surface area (Å²) in [6, 6.07) is 7.55. The fourth-order valence-corrected chi connectivity index (χ4v) is 3.60. The van der Waals surface area contributed by atoms with Gasteiger partial charge in [0, 0.05) is 6.04 Å². The van der Waals surface area contributed by atoms with Crippen molar-refractivity contribution in [2.75, 3.05) is 6.54 Å². The van der Waals surface area contributed by atoms with Crippen LogP contribution in [0.25, 0.3) is 0 Å². The Morgan fingerprint density at radius 2 is 1.78 bits per heavy atom. The third-order valence-corrected chi connectivity index (χ3v) is 5.11. The second-order valence-corrected chi connectivity index (χ2v) is 6.89. The first kappa shape index (κ1) is 12.2. The zero-order valence-corrected chi connectivity index (χ0v) is 12.1. The smallest absolute Gasteiger partial charge is 0.00683 e. The van der Waals surface area contributed by atoms with Crippen LogP contribution in [0.5, 0.6) is 0 Å². The summed E-state index contributed by atoms with van der Waals surface area (Å²) < 4.78 is 0. The van der Waals surface area contributed by atoms with E-state index >= 15 is 0 Å². The lowest BCUT2D eigenvalue weighted by Crippen LogP contribution is -2.20. The van der Waals surface area contributed by atoms with Gasteiger partial charge in [0.05, 0.1) is 0 Å². The van der Waals surface area contributed by atoms with E-state index < -0.39 is 0 Å². The molecule has 2 aliphatic rings. The number of hydrogen-bond donors (Lipinski definition) is 1. The highest BCUT2D eigenvalue weighted by Crippen LogP contribution is 2.65. The predicted molar refractivity (Wildman–Crippen MR) is 77.0 cm³/mol. The summed E-state index contributed by atoms with van der Waals surface area (Å²) in [6.45, 7) is 10.6. The third-order valence-electron chi connectivity index (χ3n) is 5.11. The van der Waals surface area contributed by atoms with Crippen molar-refractivity contribution >= 4 is 0 Å². The molecule has 0 aliphatic heterocycles. The van der Waals surface area contributed by atoms with Crippen LogP contribution in [0, 0.1) is 25.2 Å². The van der Waals surface area contributed by atoms with E-state index in [9.17, 15) is 0 Å². The van der Waals surface area contributed by atoms with Gasteiger partial charge < -0.3 is 5.32 Å². The Balaban J connectivity index is 1.79. The van der Waals surface area contributed by atoms with E-state index in [2.05, 4.69) is 51.2 Å². The molecular formula is C17H25N. The minimum absolute atomic E-state index is 0.471. The van der Waals surface area contributed by atoms with Crippen LogP contribution in [0.2, 0.25) is 0 Å². The first-order chi connectivity index (χ1) is 8.51. The van der Waals surface area contributed by atoms with Crippen molar-refractivity contribution in [1.82, 2.24) is 5.32 Å². The molecule has 1 heteroatoms. The molecule has 0 saturated heterocycles. The minimum Gasteiger partial charge on any atom is -0.314 e. The number of benzene rings is 1. The van der Waals surface area contributed by atoms with Gasteiger partial charge in [-0.1, -0.05) is 32.0 Å². The summed E-state index contributed by atoms with van der Waals surface area (Å²) in [6.07, 6.45) is 2.78. The number of aryl methyl sites for hydroxylation is 2. The van der Waals surface area contributed by atoms with Crippen LogP contribution >= 0.6 is 0 Å². The van der Waals surface area contributed by atoms with Gasteiger partial charge in [0.15, 0.2) is 0 Å². The molecule has 2 saturated carbocycles. The van der Waals surface area contributed by atoms with E-state index in [1.54, 1.807) is 5.56 Å². The molecule has 0 aromatic heterocycles. The van der Waals surface area contributed by atoms with E-state index in [0.717, 1.165) is 17.9 Å². The fraction of sp³-hybridized carbons (Fsp3) is 0.647. The van der Waals surface area contributed by atoms with Gasteiger partial charge in [0.1, 0.15) is 0 Å². The highest BCUT2D eigenvalue weighted by molar-refractivity contribution is 5.43. The minimum atomic E-state index is 0.471. The van der Waals surface area contributed by atoms with Gasteiger partial charge in [-0.25, -0.2) is 0 Å². The van der Waals surface area contributed by atoms with Crippen molar-refractivity contribution in [1.29, 1.82) is 0 Å². The van der Waals surface area contributed by atoms with Gasteiger partial charge in [-0.15, -0.1) is 0 Å². The summed E-state index contributed by atoms with van der Waals surface area (Å²) in [5.41, 5.74) is 5.03. The SMILES string of the molecule is Cc1cccc(C)c1C1C(CNC2CC2)C1(C)C. The summed E-state index contributed by atoms with van der Waals surface area (Å²) in [5.74, 6) is 1.57. The van der Waals surface area contributed by atoms with Gasteiger partial charge in [-0.3, -0.25) is 0 Å². The Morgan fingerprint density at radius 3 is 2.33 bits per heavy atom. The van der Waals surface area contributed by atoms with Crippen LogP contribution in [0.1, 0.15) is 49.3 Å². The lowest BCUT2D eigenvalue weighted by molar-refractivity contribution is 0.517. The number of rotatable bonds is 4. The number of hydrogen-bond acceptors (Lipinski definition) is 1. The lowest BCUT2D eigenvalue weighted by Gasteiger charge is -2.11. The highest BCUT2D eigenvalue weighted by atomic mass is 15.0. The second-order valence-electron chi connectivity index (χ2n) is 6.89. The molecule has 0 spiro atoms. The quantitative estimate of drug-likeness (QED) is 0.848. The van der Waals surface area contributed by atoms with Crippen molar-refractivity contribution in [3.05, 3.63) is 34.9 Å². The Kier molecular flexibility index (Phi) is 2.78. The predicted octanol–water partition coefficient (Wildman–Crippen LogP) is 3.80. The van der Waals surface area contributed by atoms with Gasteiger partial charge in [0.2, 0.25) is 0 Å². The van der Waals surface area contributed by atoms with Crippen LogP contribution in [0.4, 0.5) is 0 Å². The normalized spacial score (nSPS) is 29.3. The molecule has 2 unspecified atom stereocenters. The zero-order valence-electron chi connectivity index (χ0n) is 12.1. The van der Waals surface area contributed by atoms with E-state index in [0.29, 0.717) is 5.41 Å². The van der Waals surface area contributed by atoms with E-state index in [1.807, 2.05) is 0 Å². The molecule has 2 fully saturated rings. The topological polar surface area (TPSA) is 12.0 Å². The van der Waals surface area contributed by atoms with Crippen LogP contribution in [0.3, 0.4) is 0 Å². The largest absolute Gasteiger partial charge is 0.314 e. The molecular weight excluding hydrogens is 218 g/mol. The zero-order chi connectivity index (χ0) is 12.9. The first-order valence-corrected chi connectivity index (χ1v) is 7.31. The molecule has 1 nitrogen and oxygen atoms in total. The molecule has 0 heterocycles.